The smallest absolute Gasteiger partial charge is 0.444 e. The zero-order chi connectivity index (χ0) is 19.3. The highest BCUT2D eigenvalue weighted by Crippen LogP contribution is 2.19. The summed E-state index contributed by atoms with van der Waals surface area (Å²) in [5.41, 5.74) is -0.645. The Labute approximate surface area is 144 Å². The van der Waals surface area contributed by atoms with E-state index in [1.54, 1.807) is 20.8 Å². The quantitative estimate of drug-likeness (QED) is 0.820. The zero-order valence-electron chi connectivity index (χ0n) is 14.6. The van der Waals surface area contributed by atoms with Crippen molar-refractivity contribution in [1.29, 1.82) is 0 Å². The topological polar surface area (TPSA) is 79.0 Å². The number of amides is 3. The van der Waals surface area contributed by atoms with E-state index in [-0.39, 0.29) is 51.5 Å². The molecule has 0 spiro atoms. The fourth-order valence-electron chi connectivity index (χ4n) is 2.29. The van der Waals surface area contributed by atoms with E-state index >= 15 is 0 Å². The van der Waals surface area contributed by atoms with Gasteiger partial charge in [-0.05, 0) is 27.2 Å². The lowest BCUT2D eigenvalue weighted by Gasteiger charge is -2.23. The monoisotopic (exact) mass is 367 g/mol. The van der Waals surface area contributed by atoms with Crippen molar-refractivity contribution in [2.45, 2.75) is 45.4 Å². The molecule has 0 atom stereocenters. The number of carbonyl (C=O) groups excluding carboxylic acids is 3. The lowest BCUT2D eigenvalue weighted by molar-refractivity contribution is -0.185. The molecule has 7 nitrogen and oxygen atoms in total. The van der Waals surface area contributed by atoms with Crippen molar-refractivity contribution in [3.63, 3.8) is 0 Å². The van der Waals surface area contributed by atoms with E-state index < -0.39 is 23.8 Å². The van der Waals surface area contributed by atoms with Crippen LogP contribution in [-0.2, 0) is 14.3 Å². The second-order valence-electron chi connectivity index (χ2n) is 6.70. The predicted molar refractivity (Wildman–Crippen MR) is 82.7 cm³/mol. The minimum atomic E-state index is -4.91. The average Bonchev–Trinajstić information content (AvgIpc) is 2.69. The van der Waals surface area contributed by atoms with Gasteiger partial charge in [0, 0.05) is 39.1 Å². The largest absolute Gasteiger partial charge is 0.471 e. The highest BCUT2D eigenvalue weighted by molar-refractivity contribution is 5.82. The average molecular weight is 367 g/mol. The van der Waals surface area contributed by atoms with Crippen molar-refractivity contribution < 1.29 is 32.3 Å². The highest BCUT2D eigenvalue weighted by atomic mass is 19.4. The van der Waals surface area contributed by atoms with Gasteiger partial charge in [-0.1, -0.05) is 0 Å². The number of ether oxygens (including phenoxy) is 1. The third-order valence-corrected chi connectivity index (χ3v) is 3.39. The van der Waals surface area contributed by atoms with Crippen molar-refractivity contribution in [3.8, 4) is 0 Å². The number of halogens is 3. The third-order valence-electron chi connectivity index (χ3n) is 3.39. The molecule has 1 rings (SSSR count). The number of rotatable bonds is 3. The summed E-state index contributed by atoms with van der Waals surface area (Å²) in [7, 11) is 0. The Morgan fingerprint density at radius 1 is 1.00 bits per heavy atom. The van der Waals surface area contributed by atoms with Crippen LogP contribution in [0.25, 0.3) is 0 Å². The molecule has 1 heterocycles. The van der Waals surface area contributed by atoms with Gasteiger partial charge in [0.05, 0.1) is 0 Å². The van der Waals surface area contributed by atoms with Crippen molar-refractivity contribution in [2.24, 2.45) is 0 Å². The van der Waals surface area contributed by atoms with E-state index in [2.05, 4.69) is 5.32 Å². The van der Waals surface area contributed by atoms with Gasteiger partial charge >= 0.3 is 18.2 Å². The summed E-state index contributed by atoms with van der Waals surface area (Å²) in [5.74, 6) is -2.18. The maximum Gasteiger partial charge on any atom is 0.471 e. The van der Waals surface area contributed by atoms with Crippen LogP contribution in [-0.4, -0.2) is 72.2 Å². The molecule has 25 heavy (non-hydrogen) atoms. The molecule has 3 amide bonds. The van der Waals surface area contributed by atoms with E-state index in [0.717, 1.165) is 0 Å². The summed E-state index contributed by atoms with van der Waals surface area (Å²) in [6.45, 7) is 5.30. The van der Waals surface area contributed by atoms with Gasteiger partial charge in [0.15, 0.2) is 0 Å². The minimum absolute atomic E-state index is 0.00641. The van der Waals surface area contributed by atoms with Crippen molar-refractivity contribution in [1.82, 2.24) is 15.1 Å². The molecule has 0 unspecified atom stereocenters. The molecule has 10 heteroatoms. The number of hydrogen-bond donors (Lipinski definition) is 1. The second kappa shape index (κ2) is 8.39. The molecule has 144 valence electrons. The standard InChI is InChI=1S/C15H24F3N3O4/c1-14(2,3)25-13(24)19-6-5-11(22)20-7-4-8-21(10-9-20)12(23)15(16,17)18/h4-10H2,1-3H3,(H,19,24). The summed E-state index contributed by atoms with van der Waals surface area (Å²) in [6.07, 6.45) is -5.27. The first kappa shape index (κ1) is 21.0. The molecule has 1 aliphatic rings. The Morgan fingerprint density at radius 3 is 2.12 bits per heavy atom. The Hall–Kier alpha value is -2.00. The Morgan fingerprint density at radius 2 is 1.56 bits per heavy atom. The maximum absolute atomic E-state index is 12.5. The van der Waals surface area contributed by atoms with Crippen LogP contribution < -0.4 is 5.32 Å². The van der Waals surface area contributed by atoms with Gasteiger partial charge < -0.3 is 19.9 Å². The minimum Gasteiger partial charge on any atom is -0.444 e. The first-order chi connectivity index (χ1) is 11.4. The fraction of sp³-hybridized carbons (Fsp3) is 0.800. The van der Waals surface area contributed by atoms with Crippen molar-refractivity contribution in [3.05, 3.63) is 0 Å². The van der Waals surface area contributed by atoms with Crippen molar-refractivity contribution >= 4 is 17.9 Å². The first-order valence-corrected chi connectivity index (χ1v) is 8.01. The second-order valence-corrected chi connectivity index (χ2v) is 6.70. The lowest BCUT2D eigenvalue weighted by atomic mass is 10.2. The van der Waals surface area contributed by atoms with Crippen LogP contribution in [0, 0.1) is 0 Å². The number of nitrogens with one attached hydrogen (secondary N) is 1. The number of carbonyl (C=O) groups is 3. The van der Waals surface area contributed by atoms with Gasteiger partial charge in [-0.25, -0.2) is 4.79 Å². The van der Waals surface area contributed by atoms with E-state index in [9.17, 15) is 27.6 Å². The Balaban J connectivity index is 2.40. The molecular formula is C15H24F3N3O4. The Bertz CT molecular complexity index is 503. The van der Waals surface area contributed by atoms with Gasteiger partial charge in [0.1, 0.15) is 5.60 Å². The SMILES string of the molecule is CC(C)(C)OC(=O)NCCC(=O)N1CCCN(C(=O)C(F)(F)F)CC1. The lowest BCUT2D eigenvalue weighted by Crippen LogP contribution is -2.43. The molecule has 1 fully saturated rings. The van der Waals surface area contributed by atoms with Gasteiger partial charge in [-0.3, -0.25) is 9.59 Å². The van der Waals surface area contributed by atoms with E-state index in [4.69, 9.17) is 4.74 Å². The molecule has 1 saturated heterocycles. The van der Waals surface area contributed by atoms with Crippen LogP contribution in [0.15, 0.2) is 0 Å². The number of hydrogen-bond acceptors (Lipinski definition) is 4. The molecule has 0 aliphatic carbocycles. The molecule has 0 bridgehead atoms. The molecule has 0 aromatic rings. The first-order valence-electron chi connectivity index (χ1n) is 8.01. The normalized spacial score (nSPS) is 16.2. The van der Waals surface area contributed by atoms with Crippen molar-refractivity contribution in [2.75, 3.05) is 32.7 Å². The van der Waals surface area contributed by atoms with Crippen LogP contribution >= 0.6 is 0 Å². The number of alkyl halides is 3. The molecule has 0 aromatic heterocycles. The summed E-state index contributed by atoms with van der Waals surface area (Å²) < 4.78 is 42.4. The molecule has 1 N–H and O–H groups in total. The highest BCUT2D eigenvalue weighted by Gasteiger charge is 2.42. The van der Waals surface area contributed by atoms with Crippen LogP contribution in [0.3, 0.4) is 0 Å². The summed E-state index contributed by atoms with van der Waals surface area (Å²) >= 11 is 0. The van der Waals surface area contributed by atoms with E-state index in [0.29, 0.717) is 4.90 Å². The molecule has 1 aliphatic heterocycles. The summed E-state index contributed by atoms with van der Waals surface area (Å²) in [6, 6.07) is 0. The molecule has 0 saturated carbocycles. The van der Waals surface area contributed by atoms with Gasteiger partial charge in [-0.2, -0.15) is 13.2 Å². The molecule has 0 radical (unpaired) electrons. The van der Waals surface area contributed by atoms with E-state index in [1.165, 1.54) is 4.90 Å². The third kappa shape index (κ3) is 7.61. The van der Waals surface area contributed by atoms with Crippen LogP contribution in [0.2, 0.25) is 0 Å². The predicted octanol–water partition coefficient (Wildman–Crippen LogP) is 1.52. The van der Waals surface area contributed by atoms with Gasteiger partial charge in [0.25, 0.3) is 0 Å². The van der Waals surface area contributed by atoms with Crippen LogP contribution in [0.5, 0.6) is 0 Å². The number of alkyl carbamates (subject to hydrolysis) is 1. The van der Waals surface area contributed by atoms with Crippen LogP contribution in [0.1, 0.15) is 33.6 Å². The zero-order valence-corrected chi connectivity index (χ0v) is 14.6. The van der Waals surface area contributed by atoms with Gasteiger partial charge in [0.2, 0.25) is 5.91 Å². The molecular weight excluding hydrogens is 343 g/mol. The maximum atomic E-state index is 12.5. The fourth-order valence-corrected chi connectivity index (χ4v) is 2.29. The summed E-state index contributed by atoms with van der Waals surface area (Å²) in [5, 5.41) is 2.45. The Kier molecular flexibility index (Phi) is 7.06. The molecule has 0 aromatic carbocycles. The summed E-state index contributed by atoms with van der Waals surface area (Å²) in [4.78, 5) is 36.9. The van der Waals surface area contributed by atoms with Crippen LogP contribution in [0.4, 0.5) is 18.0 Å². The van der Waals surface area contributed by atoms with Gasteiger partial charge in [-0.15, -0.1) is 0 Å². The number of nitrogens with zero attached hydrogens (tertiary/aromatic N) is 2. The van der Waals surface area contributed by atoms with E-state index in [1.807, 2.05) is 0 Å².